The molecule has 28 heavy (non-hydrogen) atoms. The van der Waals surface area contributed by atoms with Crippen LogP contribution >= 0.6 is 31.3 Å². The van der Waals surface area contributed by atoms with Gasteiger partial charge in [0.15, 0.2) is 0 Å². The van der Waals surface area contributed by atoms with Crippen molar-refractivity contribution in [2.75, 3.05) is 0 Å². The van der Waals surface area contributed by atoms with E-state index in [0.29, 0.717) is 0 Å². The zero-order valence-electron chi connectivity index (χ0n) is 16.4. The zero-order chi connectivity index (χ0) is 17.4. The van der Waals surface area contributed by atoms with Gasteiger partial charge in [-0.3, -0.25) is 10.5 Å². The van der Waals surface area contributed by atoms with Gasteiger partial charge >= 0.3 is 236 Å². The van der Waals surface area contributed by atoms with Gasteiger partial charge in [0.1, 0.15) is 0 Å². The first-order chi connectivity index (χ1) is 8.41. The summed E-state index contributed by atoms with van der Waals surface area (Å²) in [5.41, 5.74) is 0. The number of hydrogen-bond donors (Lipinski definition) is 2. The van der Waals surface area contributed by atoms with Gasteiger partial charge in [-0.15, -0.1) is 0 Å². The maximum absolute atomic E-state index is 9.32. The Morgan fingerprint density at radius 2 is 0.464 bits per heavy atom. The molecular formula is H2Na8O16P4. The third kappa shape index (κ3) is 92.2. The van der Waals surface area contributed by atoms with Crippen LogP contribution in [0.25, 0.3) is 0 Å². The van der Waals surface area contributed by atoms with Crippen LogP contribution in [0.1, 0.15) is 0 Å². The molecule has 0 aliphatic rings. The second kappa shape index (κ2) is 35.4. The van der Waals surface area contributed by atoms with Crippen LogP contribution in [-0.4, -0.2) is 10.5 Å². The van der Waals surface area contributed by atoms with Crippen LogP contribution in [0.15, 0.2) is 0 Å². The van der Waals surface area contributed by atoms with Crippen molar-refractivity contribution in [1.29, 1.82) is 0 Å². The molecule has 126 valence electrons. The van der Waals surface area contributed by atoms with E-state index in [4.69, 9.17) is 10.5 Å². The standard InChI is InChI=1S/8Na.2H4O7P2.H2O2/c;;;;;;;;2*1-8(2,3)7-9(4,5)6;1-2/h;;;;;;;;2*(H2,1,2,3)(H2,4,5,6);1-2H/q8*+1;;;/p-8. The fourth-order valence-corrected chi connectivity index (χ4v) is 2.20. The molecule has 0 heterocycles. The van der Waals surface area contributed by atoms with Gasteiger partial charge in [0.2, 0.25) is 0 Å². The summed E-state index contributed by atoms with van der Waals surface area (Å²) in [4.78, 5) is 74.6. The van der Waals surface area contributed by atoms with E-state index < -0.39 is 31.3 Å². The molecule has 0 fully saturated rings. The summed E-state index contributed by atoms with van der Waals surface area (Å²) in [5.74, 6) is 0. The van der Waals surface area contributed by atoms with Crippen molar-refractivity contribution in [2.24, 2.45) is 0 Å². The normalized spacial score (nSPS) is 9.07. The maximum atomic E-state index is 9.32. The topological polar surface area (TPSA) is 312 Å². The van der Waals surface area contributed by atoms with Crippen LogP contribution in [0, 0.1) is 0 Å². The van der Waals surface area contributed by atoms with Crippen LogP contribution in [0.4, 0.5) is 0 Å². The first kappa shape index (κ1) is 70.7. The Balaban J connectivity index is -0.0000000166. The Hall–Kier alpha value is 8.44. The minimum absolute atomic E-state index is 0. The van der Waals surface area contributed by atoms with Crippen molar-refractivity contribution in [2.45, 2.75) is 0 Å². The van der Waals surface area contributed by atoms with Gasteiger partial charge in [-0.1, -0.05) is 0 Å². The average molecular weight is 566 g/mol. The molecule has 0 saturated carbocycles. The molecule has 2 N–H and O–H groups in total. The Morgan fingerprint density at radius 3 is 0.464 bits per heavy atom. The van der Waals surface area contributed by atoms with E-state index in [1.807, 2.05) is 0 Å². The van der Waals surface area contributed by atoms with E-state index in [1.165, 1.54) is 0 Å². The molecule has 0 amide bonds. The van der Waals surface area contributed by atoms with Crippen molar-refractivity contribution < 1.29 is 313 Å². The van der Waals surface area contributed by atoms with Crippen LogP contribution in [0.3, 0.4) is 0 Å². The largest absolute Gasteiger partial charge is 1.00 e. The minimum Gasteiger partial charge on any atom is -0.790 e. The summed E-state index contributed by atoms with van der Waals surface area (Å²) in [6.45, 7) is 0. The van der Waals surface area contributed by atoms with E-state index in [1.54, 1.807) is 0 Å². The molecule has 0 radical (unpaired) electrons. The van der Waals surface area contributed by atoms with Crippen LogP contribution in [-0.2, 0) is 26.9 Å². The van der Waals surface area contributed by atoms with Gasteiger partial charge in [-0.25, -0.2) is 0 Å². The molecule has 0 aromatic rings. The van der Waals surface area contributed by atoms with Gasteiger partial charge in [0.05, 0.1) is 31.3 Å². The molecule has 0 aliphatic carbocycles. The van der Waals surface area contributed by atoms with Crippen LogP contribution in [0.2, 0.25) is 0 Å². The average Bonchev–Trinajstić information content (AvgIpc) is 1.93. The summed E-state index contributed by atoms with van der Waals surface area (Å²) in [6.07, 6.45) is 0. The first-order valence-corrected chi connectivity index (χ1v) is 8.96. The van der Waals surface area contributed by atoms with Crippen molar-refractivity contribution in [1.82, 2.24) is 0 Å². The van der Waals surface area contributed by atoms with Crippen molar-refractivity contribution in [3.8, 4) is 0 Å². The quantitative estimate of drug-likeness (QED) is 0.138. The predicted molar refractivity (Wildman–Crippen MR) is 37.9 cm³/mol. The van der Waals surface area contributed by atoms with Gasteiger partial charge in [-0.05, 0) is 0 Å². The monoisotopic (exact) mass is 566 g/mol. The Kier molecular flexibility index (Phi) is 89.5. The number of hydrogen-bond acceptors (Lipinski definition) is 16. The number of rotatable bonds is 4. The second-order valence-corrected chi connectivity index (χ2v) is 6.84. The van der Waals surface area contributed by atoms with Gasteiger partial charge in [-0.2, -0.15) is 0 Å². The zero-order valence-corrected chi connectivity index (χ0v) is 36.0. The van der Waals surface area contributed by atoms with E-state index in [9.17, 15) is 57.4 Å². The summed E-state index contributed by atoms with van der Waals surface area (Å²) < 4.78 is 42.3. The van der Waals surface area contributed by atoms with Gasteiger partial charge in [0.25, 0.3) is 0 Å². The minimum atomic E-state index is -5.68. The summed E-state index contributed by atoms with van der Waals surface area (Å²) >= 11 is 0. The molecule has 0 bridgehead atoms. The van der Waals surface area contributed by atoms with E-state index in [0.717, 1.165) is 0 Å². The van der Waals surface area contributed by atoms with Crippen molar-refractivity contribution in [3.63, 3.8) is 0 Å². The molecule has 0 saturated heterocycles. The van der Waals surface area contributed by atoms with E-state index in [2.05, 4.69) is 8.62 Å². The third-order valence-corrected chi connectivity index (χ3v) is 3.60. The molecular weight excluding hydrogens is 564 g/mol. The predicted octanol–water partition coefficient (Wildman–Crippen LogP) is -30.6. The molecule has 0 rings (SSSR count). The molecule has 16 nitrogen and oxygen atoms in total. The molecule has 0 aromatic heterocycles. The van der Waals surface area contributed by atoms with E-state index in [-0.39, 0.29) is 236 Å². The molecule has 28 heteroatoms. The molecule has 0 unspecified atom stereocenters. The first-order valence-electron chi connectivity index (χ1n) is 3.12. The smallest absolute Gasteiger partial charge is 0.790 e. The molecule has 0 aromatic carbocycles. The summed E-state index contributed by atoms with van der Waals surface area (Å²) in [6, 6.07) is 0. The van der Waals surface area contributed by atoms with Crippen molar-refractivity contribution >= 4 is 31.3 Å². The molecule has 0 aliphatic heterocycles. The van der Waals surface area contributed by atoms with Gasteiger partial charge in [0, 0.05) is 0 Å². The Labute approximate surface area is 336 Å². The maximum Gasteiger partial charge on any atom is 1.00 e. The summed E-state index contributed by atoms with van der Waals surface area (Å²) in [7, 11) is -22.7. The molecule has 0 spiro atoms. The fraction of sp³-hybridized carbons (Fsp3) is 0. The van der Waals surface area contributed by atoms with Crippen molar-refractivity contribution in [3.05, 3.63) is 0 Å². The molecule has 0 atom stereocenters. The van der Waals surface area contributed by atoms with Gasteiger partial charge < -0.3 is 66.0 Å². The number of phosphoric acid groups is 4. The SMILES string of the molecule is O=P([O-])([O-])OP(=O)([O-])[O-].O=P([O-])([O-])OP(=O)([O-])[O-].OO.[Na+].[Na+].[Na+].[Na+].[Na+].[Na+].[Na+].[Na+]. The summed E-state index contributed by atoms with van der Waals surface area (Å²) in [5, 5.41) is 12.0. The third-order valence-electron chi connectivity index (χ3n) is 0.400. The van der Waals surface area contributed by atoms with Crippen LogP contribution < -0.4 is 276 Å². The Morgan fingerprint density at radius 1 is 0.393 bits per heavy atom. The Bertz CT molecular complexity index is 362. The van der Waals surface area contributed by atoms with Crippen LogP contribution in [0.5, 0.6) is 0 Å². The second-order valence-electron chi connectivity index (χ2n) is 1.95. The van der Waals surface area contributed by atoms with E-state index >= 15 is 0 Å². The fourth-order valence-electron chi connectivity index (χ4n) is 0.245.